The zero-order valence-electron chi connectivity index (χ0n) is 35.6. The Morgan fingerprint density at radius 3 is 1.57 bits per heavy atom. The molecule has 0 radical (unpaired) electrons. The fourth-order valence-corrected chi connectivity index (χ4v) is 7.21. The summed E-state index contributed by atoms with van der Waals surface area (Å²) in [5.41, 5.74) is 6.99. The molecule has 0 saturated carbocycles. The molecular formula is C51H31N3O2. The number of fused-ring (bicyclic) bond motifs is 6. The SMILES string of the molecule is [2H]c1c(-c2cccc(-c3ccccc3)c2)c([2H])c2c(oc3c([2H])c(-c4nc(-c5cccc(-c6ccccc6)c5)nc(-c5ccc6oc7ccccc7c6c5)n4)c([2H])c([2H])c32)c1[2H]. The molecule has 5 heteroatoms. The number of nitrogens with zero attached hydrogens (tertiary/aromatic N) is 3. The number of furan rings is 2. The van der Waals surface area contributed by atoms with Crippen LogP contribution in [0, 0.1) is 0 Å². The van der Waals surface area contributed by atoms with Gasteiger partial charge >= 0.3 is 0 Å². The van der Waals surface area contributed by atoms with Crippen LogP contribution < -0.4 is 0 Å². The van der Waals surface area contributed by atoms with E-state index in [0.29, 0.717) is 22.3 Å². The van der Waals surface area contributed by atoms with Gasteiger partial charge in [0.05, 0.1) is 8.22 Å². The Morgan fingerprint density at radius 1 is 0.304 bits per heavy atom. The van der Waals surface area contributed by atoms with Crippen LogP contribution in [0.2, 0.25) is 0 Å². The van der Waals surface area contributed by atoms with Gasteiger partial charge in [0.1, 0.15) is 22.3 Å². The summed E-state index contributed by atoms with van der Waals surface area (Å²) in [5.74, 6) is 0.549. The molecule has 0 amide bonds. The molecule has 5 nitrogen and oxygen atoms in total. The molecule has 0 bridgehead atoms. The zero-order chi connectivity index (χ0) is 42.2. The maximum atomic E-state index is 9.58. The molecule has 56 heavy (non-hydrogen) atoms. The summed E-state index contributed by atoms with van der Waals surface area (Å²) >= 11 is 0. The van der Waals surface area contributed by atoms with Gasteiger partial charge in [-0.1, -0.05) is 127 Å². The second-order valence-electron chi connectivity index (χ2n) is 13.5. The van der Waals surface area contributed by atoms with Crippen molar-refractivity contribution in [1.82, 2.24) is 15.0 Å². The summed E-state index contributed by atoms with van der Waals surface area (Å²) in [6, 6.07) is 46.7. The molecule has 0 fully saturated rings. The molecule has 3 heterocycles. The number of benzene rings is 8. The summed E-state index contributed by atoms with van der Waals surface area (Å²) in [4.78, 5) is 14.7. The van der Waals surface area contributed by atoms with E-state index >= 15 is 0 Å². The average molecular weight is 724 g/mol. The molecule has 0 N–H and O–H groups in total. The van der Waals surface area contributed by atoms with Crippen molar-refractivity contribution in [2.24, 2.45) is 0 Å². The zero-order valence-corrected chi connectivity index (χ0v) is 29.6. The molecule has 0 aliphatic rings. The van der Waals surface area contributed by atoms with Gasteiger partial charge in [-0.05, 0) is 93.9 Å². The second-order valence-corrected chi connectivity index (χ2v) is 13.5. The van der Waals surface area contributed by atoms with Crippen molar-refractivity contribution in [1.29, 1.82) is 0 Å². The molecule has 0 atom stereocenters. The largest absolute Gasteiger partial charge is 0.456 e. The quantitative estimate of drug-likeness (QED) is 0.171. The number of aromatic nitrogens is 3. The van der Waals surface area contributed by atoms with Crippen LogP contribution in [0.5, 0.6) is 0 Å². The molecule has 3 aromatic heterocycles. The van der Waals surface area contributed by atoms with Crippen LogP contribution in [0.15, 0.2) is 197 Å². The van der Waals surface area contributed by atoms with Gasteiger partial charge in [0.25, 0.3) is 0 Å². The maximum absolute atomic E-state index is 9.58. The normalized spacial score (nSPS) is 13.1. The molecule has 0 aliphatic carbocycles. The van der Waals surface area contributed by atoms with Gasteiger partial charge in [-0.25, -0.2) is 15.0 Å². The molecule has 0 spiro atoms. The van der Waals surface area contributed by atoms with Crippen LogP contribution in [0.4, 0.5) is 0 Å². The average Bonchev–Trinajstić information content (AvgIpc) is 3.91. The van der Waals surface area contributed by atoms with Crippen LogP contribution in [0.3, 0.4) is 0 Å². The first-order chi connectivity index (χ1) is 30.2. The minimum absolute atomic E-state index is 0.0186. The van der Waals surface area contributed by atoms with Crippen LogP contribution in [-0.2, 0) is 0 Å². The van der Waals surface area contributed by atoms with E-state index in [1.54, 1.807) is 6.07 Å². The van der Waals surface area contributed by atoms with Crippen LogP contribution in [-0.4, -0.2) is 15.0 Å². The molecule has 8 aromatic carbocycles. The van der Waals surface area contributed by atoms with Gasteiger partial charge in [0.15, 0.2) is 17.5 Å². The van der Waals surface area contributed by atoms with Crippen molar-refractivity contribution < 1.29 is 17.1 Å². The van der Waals surface area contributed by atoms with Gasteiger partial charge in [-0.15, -0.1) is 0 Å². The van der Waals surface area contributed by atoms with Crippen molar-refractivity contribution in [2.75, 3.05) is 0 Å². The van der Waals surface area contributed by atoms with E-state index in [1.165, 1.54) is 0 Å². The van der Waals surface area contributed by atoms with E-state index in [4.69, 9.17) is 26.5 Å². The Morgan fingerprint density at radius 2 is 0.839 bits per heavy atom. The molecule has 11 aromatic rings. The van der Waals surface area contributed by atoms with Gasteiger partial charge in [0.2, 0.25) is 0 Å². The molecule has 262 valence electrons. The third-order valence-corrected chi connectivity index (χ3v) is 9.99. The van der Waals surface area contributed by atoms with Crippen molar-refractivity contribution in [2.45, 2.75) is 0 Å². The van der Waals surface area contributed by atoms with Crippen molar-refractivity contribution in [3.05, 3.63) is 188 Å². The highest BCUT2D eigenvalue weighted by molar-refractivity contribution is 6.08. The first kappa shape index (κ1) is 26.2. The first-order valence-corrected chi connectivity index (χ1v) is 18.2. The van der Waals surface area contributed by atoms with E-state index in [1.807, 2.05) is 146 Å². The van der Waals surface area contributed by atoms with Crippen LogP contribution in [0.1, 0.15) is 8.22 Å². The highest BCUT2D eigenvalue weighted by Gasteiger charge is 2.17. The van der Waals surface area contributed by atoms with E-state index in [9.17, 15) is 5.48 Å². The topological polar surface area (TPSA) is 65.0 Å². The second kappa shape index (κ2) is 13.0. The summed E-state index contributed by atoms with van der Waals surface area (Å²) < 4.78 is 68.4. The monoisotopic (exact) mass is 723 g/mol. The molecule has 0 unspecified atom stereocenters. The lowest BCUT2D eigenvalue weighted by Gasteiger charge is -2.10. The van der Waals surface area contributed by atoms with E-state index in [-0.39, 0.29) is 86.8 Å². The highest BCUT2D eigenvalue weighted by Crippen LogP contribution is 2.37. The molecule has 0 aliphatic heterocycles. The fraction of sp³-hybridized carbons (Fsp3) is 0. The Kier molecular flexibility index (Phi) is 6.10. The maximum Gasteiger partial charge on any atom is 0.164 e. The van der Waals surface area contributed by atoms with Crippen molar-refractivity contribution >= 4 is 43.9 Å². The van der Waals surface area contributed by atoms with E-state index in [2.05, 4.69) is 0 Å². The lowest BCUT2D eigenvalue weighted by molar-refractivity contribution is 0.668. The predicted molar refractivity (Wildman–Crippen MR) is 227 cm³/mol. The van der Waals surface area contributed by atoms with Gasteiger partial charge < -0.3 is 8.83 Å². The minimum atomic E-state index is -0.351. The Labute approximate surface area is 330 Å². The summed E-state index contributed by atoms with van der Waals surface area (Å²) in [5, 5.41) is 1.93. The Hall–Kier alpha value is -7.63. The molecule has 0 saturated heterocycles. The van der Waals surface area contributed by atoms with Crippen LogP contribution >= 0.6 is 0 Å². The van der Waals surface area contributed by atoms with Gasteiger partial charge in [0, 0.05) is 38.2 Å². The standard InChI is InChI=1S/C51H31N3O2/c1-3-11-32(12-4-1)34-15-9-17-36(27-34)37-22-25-47-43(29-37)42-24-21-40(31-48(42)56-47)51-53-49(38-18-10-16-35(28-38)33-13-5-2-6-14-33)52-50(54-51)39-23-26-46-44(30-39)41-19-7-8-20-45(41)55-46/h1-31H/i21D,22D,24D,25D,29D,31D. The van der Waals surface area contributed by atoms with Gasteiger partial charge in [-0.3, -0.25) is 0 Å². The smallest absolute Gasteiger partial charge is 0.164 e. The van der Waals surface area contributed by atoms with E-state index in [0.717, 1.165) is 38.6 Å². The summed E-state index contributed by atoms with van der Waals surface area (Å²) in [7, 11) is 0. The number of hydrogen-bond donors (Lipinski definition) is 0. The third kappa shape index (κ3) is 5.62. The summed E-state index contributed by atoms with van der Waals surface area (Å²) in [6.07, 6.45) is 0. The number of rotatable bonds is 6. The van der Waals surface area contributed by atoms with Crippen molar-refractivity contribution in [3.8, 4) is 67.5 Å². The molecule has 11 rings (SSSR count). The number of hydrogen-bond acceptors (Lipinski definition) is 5. The lowest BCUT2D eigenvalue weighted by Crippen LogP contribution is -2.00. The molecular weight excluding hydrogens is 687 g/mol. The van der Waals surface area contributed by atoms with E-state index < -0.39 is 0 Å². The third-order valence-electron chi connectivity index (χ3n) is 9.99. The fourth-order valence-electron chi connectivity index (χ4n) is 7.21. The minimum Gasteiger partial charge on any atom is -0.456 e. The Bertz CT molecular complexity index is 3610. The predicted octanol–water partition coefficient (Wildman–Crippen LogP) is 13.7. The Balaban J connectivity index is 1.13. The number of para-hydroxylation sites is 1. The van der Waals surface area contributed by atoms with Gasteiger partial charge in [-0.2, -0.15) is 0 Å². The van der Waals surface area contributed by atoms with Crippen LogP contribution in [0.25, 0.3) is 111 Å². The summed E-state index contributed by atoms with van der Waals surface area (Å²) in [6.45, 7) is 0. The highest BCUT2D eigenvalue weighted by atomic mass is 16.3. The first-order valence-electron chi connectivity index (χ1n) is 21.2. The lowest BCUT2D eigenvalue weighted by atomic mass is 9.98. The van der Waals surface area contributed by atoms with Crippen molar-refractivity contribution in [3.63, 3.8) is 0 Å².